The number of hydrogen-bond donors (Lipinski definition) is 3. The summed E-state index contributed by atoms with van der Waals surface area (Å²) in [4.78, 5) is 17.4. The van der Waals surface area contributed by atoms with E-state index in [0.29, 0.717) is 49.5 Å². The van der Waals surface area contributed by atoms with Crippen molar-refractivity contribution in [3.05, 3.63) is 83.2 Å². The Bertz CT molecular complexity index is 1400. The number of carbonyl (C=O) groups is 1. The monoisotopic (exact) mass is 536 g/mol. The molecule has 5 N–H and O–H groups in total. The van der Waals surface area contributed by atoms with Crippen LogP contribution in [0.15, 0.2) is 54.9 Å². The van der Waals surface area contributed by atoms with Crippen LogP contribution in [0.5, 0.6) is 0 Å². The Kier molecular flexibility index (Phi) is 9.31. The van der Waals surface area contributed by atoms with Crippen molar-refractivity contribution in [2.75, 3.05) is 40.3 Å². The number of nitrogens with one attached hydrogen (secondary N) is 1. The third-order valence-corrected chi connectivity index (χ3v) is 6.37. The molecule has 39 heavy (non-hydrogen) atoms. The van der Waals surface area contributed by atoms with Crippen molar-refractivity contribution in [2.24, 2.45) is 11.5 Å². The van der Waals surface area contributed by atoms with E-state index in [0.717, 1.165) is 35.0 Å². The number of carbonyl (C=O) groups excluding carboxylic acids is 1. The minimum Gasteiger partial charge on any atom is -0.329 e. The Morgan fingerprint density at radius 2 is 1.62 bits per heavy atom. The maximum atomic E-state index is 14.0. The molecule has 2 aromatic heterocycles. The van der Waals surface area contributed by atoms with E-state index in [1.165, 1.54) is 16.8 Å². The smallest absolute Gasteiger partial charge is 0.184 e. The summed E-state index contributed by atoms with van der Waals surface area (Å²) in [7, 11) is 3.89. The summed E-state index contributed by atoms with van der Waals surface area (Å²) >= 11 is 0. The summed E-state index contributed by atoms with van der Waals surface area (Å²) in [5, 5.41) is 11.8. The van der Waals surface area contributed by atoms with Crippen LogP contribution in [0.4, 0.5) is 8.78 Å². The fraction of sp³-hybridized carbons (Fsp3) is 0.321. The Hall–Kier alpha value is -3.77. The summed E-state index contributed by atoms with van der Waals surface area (Å²) in [5.74, 6) is -1.54. The van der Waals surface area contributed by atoms with E-state index >= 15 is 0 Å². The first kappa shape index (κ1) is 28.2. The van der Waals surface area contributed by atoms with Crippen molar-refractivity contribution >= 4 is 5.78 Å². The molecule has 0 unspecified atom stereocenters. The molecule has 0 spiro atoms. The molecule has 0 saturated carbocycles. The van der Waals surface area contributed by atoms with Crippen molar-refractivity contribution in [3.8, 4) is 22.5 Å². The lowest BCUT2D eigenvalue weighted by atomic mass is 10.0. The number of nitrogens with two attached hydrogens (primary N) is 2. The number of rotatable bonds is 13. The highest BCUT2D eigenvalue weighted by Crippen LogP contribution is 2.26. The van der Waals surface area contributed by atoms with Crippen LogP contribution in [0.25, 0.3) is 22.5 Å². The third kappa shape index (κ3) is 7.21. The third-order valence-electron chi connectivity index (χ3n) is 6.37. The Balaban J connectivity index is 1.59. The minimum absolute atomic E-state index is 0.0378. The van der Waals surface area contributed by atoms with Gasteiger partial charge in [0.1, 0.15) is 18.2 Å². The Morgan fingerprint density at radius 3 is 2.28 bits per heavy atom. The largest absolute Gasteiger partial charge is 0.329 e. The lowest BCUT2D eigenvalue weighted by Crippen LogP contribution is -2.25. The van der Waals surface area contributed by atoms with E-state index in [1.807, 2.05) is 37.2 Å². The van der Waals surface area contributed by atoms with Gasteiger partial charge in [-0.25, -0.2) is 8.78 Å². The summed E-state index contributed by atoms with van der Waals surface area (Å²) in [5.41, 5.74) is 16.0. The molecule has 0 radical (unpaired) electrons. The first-order valence-electron chi connectivity index (χ1n) is 12.7. The van der Waals surface area contributed by atoms with Gasteiger partial charge in [0.05, 0.1) is 17.6 Å². The number of aromatic nitrogens is 4. The van der Waals surface area contributed by atoms with Gasteiger partial charge in [-0.1, -0.05) is 18.2 Å². The van der Waals surface area contributed by atoms with Gasteiger partial charge < -0.3 is 21.3 Å². The van der Waals surface area contributed by atoms with Crippen LogP contribution in [0.1, 0.15) is 21.5 Å². The first-order valence-corrected chi connectivity index (χ1v) is 12.7. The van der Waals surface area contributed by atoms with E-state index in [4.69, 9.17) is 11.5 Å². The SMILES string of the molecule is CN(CCN)Cc1cn(CC(=O)c2cccc(-c3[nH]ncc3CN(C)CCN)c2)nc1-c1cc(F)cc(F)c1. The number of hydrogen-bond acceptors (Lipinski definition) is 7. The van der Waals surface area contributed by atoms with Crippen LogP contribution in [0, 0.1) is 11.6 Å². The lowest BCUT2D eigenvalue weighted by Gasteiger charge is -2.15. The zero-order valence-corrected chi connectivity index (χ0v) is 22.2. The summed E-state index contributed by atoms with van der Waals surface area (Å²) in [6, 6.07) is 10.6. The average molecular weight is 537 g/mol. The first-order chi connectivity index (χ1) is 18.8. The maximum absolute atomic E-state index is 14.0. The van der Waals surface area contributed by atoms with E-state index in [-0.39, 0.29) is 12.3 Å². The van der Waals surface area contributed by atoms with Crippen molar-refractivity contribution in [3.63, 3.8) is 0 Å². The van der Waals surface area contributed by atoms with Gasteiger partial charge in [-0.05, 0) is 32.3 Å². The van der Waals surface area contributed by atoms with Crippen LogP contribution >= 0.6 is 0 Å². The summed E-state index contributed by atoms with van der Waals surface area (Å²) in [6.45, 7) is 3.48. The molecule has 11 heteroatoms. The summed E-state index contributed by atoms with van der Waals surface area (Å²) in [6.07, 6.45) is 3.52. The predicted molar refractivity (Wildman–Crippen MR) is 147 cm³/mol. The molecule has 2 aromatic carbocycles. The molecule has 0 aliphatic rings. The molecule has 0 saturated heterocycles. The molecule has 0 aliphatic carbocycles. The molecule has 0 atom stereocenters. The minimum atomic E-state index is -0.693. The molecule has 0 bridgehead atoms. The molecule has 9 nitrogen and oxygen atoms in total. The molecular weight excluding hydrogens is 502 g/mol. The van der Waals surface area contributed by atoms with E-state index in [9.17, 15) is 13.6 Å². The van der Waals surface area contributed by atoms with Crippen LogP contribution in [-0.4, -0.2) is 75.8 Å². The zero-order chi connectivity index (χ0) is 27.9. The van der Waals surface area contributed by atoms with Gasteiger partial charge >= 0.3 is 0 Å². The van der Waals surface area contributed by atoms with Gasteiger partial charge in [0.15, 0.2) is 5.78 Å². The van der Waals surface area contributed by atoms with Gasteiger partial charge in [-0.3, -0.25) is 14.6 Å². The second kappa shape index (κ2) is 12.9. The second-order valence-corrected chi connectivity index (χ2v) is 9.69. The van der Waals surface area contributed by atoms with Crippen molar-refractivity contribution in [1.29, 1.82) is 0 Å². The van der Waals surface area contributed by atoms with E-state index in [1.54, 1.807) is 18.5 Å². The van der Waals surface area contributed by atoms with Crippen molar-refractivity contribution < 1.29 is 13.6 Å². The molecule has 2 heterocycles. The number of aromatic amines is 1. The van der Waals surface area contributed by atoms with Crippen molar-refractivity contribution in [2.45, 2.75) is 19.6 Å². The Labute approximate surface area is 226 Å². The van der Waals surface area contributed by atoms with Crippen molar-refractivity contribution in [1.82, 2.24) is 29.8 Å². The molecule has 4 aromatic rings. The number of Topliss-reactive ketones (excluding diaryl/α,β-unsaturated/α-hetero) is 1. The normalized spacial score (nSPS) is 11.6. The molecule has 206 valence electrons. The highest BCUT2D eigenvalue weighted by atomic mass is 19.1. The second-order valence-electron chi connectivity index (χ2n) is 9.69. The fourth-order valence-electron chi connectivity index (χ4n) is 4.54. The topological polar surface area (TPSA) is 122 Å². The van der Waals surface area contributed by atoms with Gasteiger partial charge in [-0.15, -0.1) is 0 Å². The van der Waals surface area contributed by atoms with Gasteiger partial charge in [0, 0.05) is 79.3 Å². The number of nitrogens with zero attached hydrogens (tertiary/aromatic N) is 5. The standard InChI is InChI=1S/C28H34F2N8O/c1-36(8-6-31)15-22-14-33-34-27(22)20-5-3-4-19(10-20)26(39)18-38-17-23(16-37(2)9-7-32)28(35-38)21-11-24(29)13-25(30)12-21/h3-5,10-14,17H,6-9,15-16,18,31-32H2,1-2H3,(H,33,34). The zero-order valence-electron chi connectivity index (χ0n) is 22.2. The number of H-pyrrole nitrogens is 1. The predicted octanol–water partition coefficient (Wildman–Crippen LogP) is 2.88. The molecular formula is C28H34F2N8O. The number of ketones is 1. The van der Waals surface area contributed by atoms with Crippen LogP contribution in [-0.2, 0) is 19.6 Å². The highest BCUT2D eigenvalue weighted by molar-refractivity contribution is 5.97. The Morgan fingerprint density at radius 1 is 0.949 bits per heavy atom. The average Bonchev–Trinajstić information content (AvgIpc) is 3.50. The van der Waals surface area contributed by atoms with Gasteiger partial charge in [0.25, 0.3) is 0 Å². The fourth-order valence-corrected chi connectivity index (χ4v) is 4.54. The number of benzene rings is 2. The lowest BCUT2D eigenvalue weighted by molar-refractivity contribution is 0.0968. The van der Waals surface area contributed by atoms with E-state index in [2.05, 4.69) is 20.2 Å². The quantitative estimate of drug-likeness (QED) is 0.225. The molecule has 0 aliphatic heterocycles. The molecule has 0 fully saturated rings. The summed E-state index contributed by atoms with van der Waals surface area (Å²) < 4.78 is 29.5. The van der Waals surface area contributed by atoms with E-state index < -0.39 is 11.6 Å². The number of likely N-dealkylation sites (N-methyl/N-ethyl adjacent to an activating group) is 2. The maximum Gasteiger partial charge on any atom is 0.184 e. The van der Waals surface area contributed by atoms with Crippen LogP contribution in [0.2, 0.25) is 0 Å². The van der Waals surface area contributed by atoms with Crippen LogP contribution in [0.3, 0.4) is 0 Å². The van der Waals surface area contributed by atoms with Gasteiger partial charge in [0.2, 0.25) is 0 Å². The van der Waals surface area contributed by atoms with Crippen LogP contribution < -0.4 is 11.5 Å². The molecule has 4 rings (SSSR count). The molecule has 0 amide bonds. The van der Waals surface area contributed by atoms with Gasteiger partial charge in [-0.2, -0.15) is 10.2 Å². The highest BCUT2D eigenvalue weighted by Gasteiger charge is 2.18. The number of halogens is 2.